The summed E-state index contributed by atoms with van der Waals surface area (Å²) in [5, 5.41) is 9.37. The Morgan fingerprint density at radius 3 is 2.81 bits per heavy atom. The van der Waals surface area contributed by atoms with Crippen molar-refractivity contribution < 1.29 is 19.4 Å². The Kier molecular flexibility index (Phi) is 3.83. The van der Waals surface area contributed by atoms with Gasteiger partial charge in [-0.3, -0.25) is 4.79 Å². The van der Waals surface area contributed by atoms with Crippen LogP contribution in [0.2, 0.25) is 0 Å². The molecule has 0 saturated heterocycles. The summed E-state index contributed by atoms with van der Waals surface area (Å²) in [6.07, 6.45) is 2.92. The van der Waals surface area contributed by atoms with E-state index >= 15 is 0 Å². The smallest absolute Gasteiger partial charge is 0.170 e. The topological polar surface area (TPSA) is 55.8 Å². The predicted octanol–water partition coefficient (Wildman–Crippen LogP) is 2.78. The van der Waals surface area contributed by atoms with Gasteiger partial charge in [-0.15, -0.1) is 0 Å². The molecule has 0 aromatic heterocycles. The SMILES string of the molecule is CO[C@@]12CC[C@@H](C(=O)/C1=C/O)[C@@H](OCc1ccccc1)C2. The maximum atomic E-state index is 12.4. The lowest BCUT2D eigenvalue weighted by molar-refractivity contribution is -0.155. The summed E-state index contributed by atoms with van der Waals surface area (Å²) in [6, 6.07) is 9.93. The van der Waals surface area contributed by atoms with Crippen molar-refractivity contribution in [1.82, 2.24) is 0 Å². The fourth-order valence-electron chi connectivity index (χ4n) is 3.54. The van der Waals surface area contributed by atoms with Gasteiger partial charge in [-0.2, -0.15) is 0 Å². The van der Waals surface area contributed by atoms with E-state index in [1.165, 1.54) is 0 Å². The van der Waals surface area contributed by atoms with E-state index in [9.17, 15) is 9.90 Å². The second kappa shape index (κ2) is 5.62. The van der Waals surface area contributed by atoms with Crippen molar-refractivity contribution in [2.75, 3.05) is 7.11 Å². The first-order valence-corrected chi connectivity index (χ1v) is 7.30. The third-order valence-corrected chi connectivity index (χ3v) is 4.76. The summed E-state index contributed by atoms with van der Waals surface area (Å²) in [4.78, 5) is 12.4. The zero-order valence-corrected chi connectivity index (χ0v) is 12.1. The Labute approximate surface area is 124 Å². The average molecular weight is 288 g/mol. The number of benzene rings is 1. The molecule has 1 aromatic rings. The molecule has 0 amide bonds. The molecule has 1 N–H and O–H groups in total. The summed E-state index contributed by atoms with van der Waals surface area (Å²) in [5.74, 6) is -0.195. The van der Waals surface area contributed by atoms with Gasteiger partial charge >= 0.3 is 0 Å². The Morgan fingerprint density at radius 2 is 2.14 bits per heavy atom. The first-order chi connectivity index (χ1) is 10.2. The Balaban J connectivity index is 1.75. The van der Waals surface area contributed by atoms with Crippen LogP contribution in [0.1, 0.15) is 24.8 Å². The zero-order chi connectivity index (χ0) is 14.9. The maximum Gasteiger partial charge on any atom is 0.170 e. The van der Waals surface area contributed by atoms with Crippen molar-refractivity contribution in [2.45, 2.75) is 37.6 Å². The van der Waals surface area contributed by atoms with E-state index in [1.807, 2.05) is 30.3 Å². The van der Waals surface area contributed by atoms with Crippen molar-refractivity contribution in [3.05, 3.63) is 47.7 Å². The van der Waals surface area contributed by atoms with Gasteiger partial charge in [0.15, 0.2) is 5.78 Å². The first kappa shape index (κ1) is 14.3. The molecule has 0 aliphatic heterocycles. The number of Topliss-reactive ketones (excluding diaryl/α,β-unsaturated/α-hetero) is 1. The zero-order valence-electron chi connectivity index (χ0n) is 12.1. The Hall–Kier alpha value is -1.65. The lowest BCUT2D eigenvalue weighted by Gasteiger charge is -2.49. The molecular formula is C17H20O4. The van der Waals surface area contributed by atoms with Crippen LogP contribution in [0.25, 0.3) is 0 Å². The van der Waals surface area contributed by atoms with Crippen LogP contribution in [-0.2, 0) is 20.9 Å². The van der Waals surface area contributed by atoms with Gasteiger partial charge in [0, 0.05) is 19.4 Å². The summed E-state index contributed by atoms with van der Waals surface area (Å²) < 4.78 is 11.6. The van der Waals surface area contributed by atoms with E-state index in [-0.39, 0.29) is 17.8 Å². The second-order valence-corrected chi connectivity index (χ2v) is 5.79. The number of fused-ring (bicyclic) bond motifs is 3. The normalized spacial score (nSPS) is 33.6. The van der Waals surface area contributed by atoms with Crippen LogP contribution in [0.15, 0.2) is 42.2 Å². The van der Waals surface area contributed by atoms with E-state index in [0.717, 1.165) is 24.7 Å². The fraction of sp³-hybridized carbons (Fsp3) is 0.471. The molecule has 3 aliphatic rings. The minimum atomic E-state index is -0.679. The largest absolute Gasteiger partial charge is 0.515 e. The number of methoxy groups -OCH3 is 1. The first-order valence-electron chi connectivity index (χ1n) is 7.30. The maximum absolute atomic E-state index is 12.4. The molecule has 0 radical (unpaired) electrons. The summed E-state index contributed by atoms with van der Waals surface area (Å²) in [7, 11) is 1.59. The molecule has 3 aliphatic carbocycles. The van der Waals surface area contributed by atoms with Gasteiger partial charge in [-0.25, -0.2) is 0 Å². The highest BCUT2D eigenvalue weighted by molar-refractivity contribution is 6.01. The van der Waals surface area contributed by atoms with Gasteiger partial charge in [0.25, 0.3) is 0 Å². The van der Waals surface area contributed by atoms with Crippen molar-refractivity contribution in [3.63, 3.8) is 0 Å². The number of carbonyl (C=O) groups excluding carboxylic acids is 1. The fourth-order valence-corrected chi connectivity index (χ4v) is 3.54. The minimum Gasteiger partial charge on any atom is -0.515 e. The Morgan fingerprint density at radius 1 is 1.38 bits per heavy atom. The molecule has 4 rings (SSSR count). The number of rotatable bonds is 4. The van der Waals surface area contributed by atoms with Gasteiger partial charge in [0.05, 0.1) is 24.5 Å². The third kappa shape index (κ3) is 2.39. The molecule has 0 unspecified atom stereocenters. The highest BCUT2D eigenvalue weighted by atomic mass is 16.5. The average Bonchev–Trinajstić information content (AvgIpc) is 2.54. The molecule has 21 heavy (non-hydrogen) atoms. The summed E-state index contributed by atoms with van der Waals surface area (Å²) in [6.45, 7) is 0.493. The molecule has 3 fully saturated rings. The van der Waals surface area contributed by atoms with Gasteiger partial charge in [-0.05, 0) is 18.4 Å². The van der Waals surface area contributed by atoms with E-state index in [1.54, 1.807) is 7.11 Å². The standard InChI is InChI=1S/C17H20O4/c1-20-17-8-7-13(16(19)14(17)10-18)15(9-17)21-11-12-5-3-2-4-6-12/h2-6,10,13,15,18H,7-9,11H2,1H3/b14-10-/t13-,15+,17-/m1/s1. The van der Waals surface area contributed by atoms with Crippen LogP contribution in [0.4, 0.5) is 0 Å². The lowest BCUT2D eigenvalue weighted by atomic mass is 9.62. The molecule has 112 valence electrons. The molecule has 4 nitrogen and oxygen atoms in total. The van der Waals surface area contributed by atoms with E-state index < -0.39 is 5.60 Å². The second-order valence-electron chi connectivity index (χ2n) is 5.79. The van der Waals surface area contributed by atoms with Crippen LogP contribution < -0.4 is 0 Å². The van der Waals surface area contributed by atoms with Gasteiger partial charge in [0.2, 0.25) is 0 Å². The van der Waals surface area contributed by atoms with Gasteiger partial charge in [0.1, 0.15) is 5.60 Å². The lowest BCUT2D eigenvalue weighted by Crippen LogP contribution is -2.56. The van der Waals surface area contributed by atoms with Gasteiger partial charge < -0.3 is 14.6 Å². The van der Waals surface area contributed by atoms with Crippen molar-refractivity contribution in [2.24, 2.45) is 5.92 Å². The number of hydrogen-bond acceptors (Lipinski definition) is 4. The van der Waals surface area contributed by atoms with Crippen LogP contribution in [-0.4, -0.2) is 29.7 Å². The van der Waals surface area contributed by atoms with Crippen LogP contribution in [0.5, 0.6) is 0 Å². The van der Waals surface area contributed by atoms with Crippen LogP contribution in [0, 0.1) is 5.92 Å². The van der Waals surface area contributed by atoms with E-state index in [0.29, 0.717) is 18.6 Å². The highest BCUT2D eigenvalue weighted by Gasteiger charge is 2.55. The Bertz CT molecular complexity index is 551. The van der Waals surface area contributed by atoms with Gasteiger partial charge in [-0.1, -0.05) is 30.3 Å². The minimum absolute atomic E-state index is 0.0325. The van der Waals surface area contributed by atoms with E-state index in [4.69, 9.17) is 9.47 Å². The molecule has 1 aromatic carbocycles. The van der Waals surface area contributed by atoms with Crippen molar-refractivity contribution >= 4 is 5.78 Å². The van der Waals surface area contributed by atoms with Crippen molar-refractivity contribution in [3.8, 4) is 0 Å². The molecule has 3 saturated carbocycles. The quantitative estimate of drug-likeness (QED) is 0.683. The number of ketones is 1. The summed E-state index contributed by atoms with van der Waals surface area (Å²) in [5.41, 5.74) is 0.818. The highest BCUT2D eigenvalue weighted by Crippen LogP contribution is 2.48. The number of hydrogen-bond donors (Lipinski definition) is 1. The predicted molar refractivity (Wildman–Crippen MR) is 77.8 cm³/mol. The number of aliphatic hydroxyl groups is 1. The van der Waals surface area contributed by atoms with E-state index in [2.05, 4.69) is 0 Å². The molecule has 0 heterocycles. The van der Waals surface area contributed by atoms with Crippen LogP contribution >= 0.6 is 0 Å². The third-order valence-electron chi connectivity index (χ3n) is 4.76. The molecule has 3 atom stereocenters. The van der Waals surface area contributed by atoms with Crippen LogP contribution in [0.3, 0.4) is 0 Å². The van der Waals surface area contributed by atoms with Crippen molar-refractivity contribution in [1.29, 1.82) is 0 Å². The monoisotopic (exact) mass is 288 g/mol. The number of carbonyl (C=O) groups is 1. The molecular weight excluding hydrogens is 268 g/mol. The molecule has 0 spiro atoms. The molecule has 4 heteroatoms. The molecule has 2 bridgehead atoms. The summed E-state index contributed by atoms with van der Waals surface area (Å²) >= 11 is 0. The number of ether oxygens (including phenoxy) is 2. The number of aliphatic hydroxyl groups excluding tert-OH is 1.